The second-order valence-electron chi connectivity index (χ2n) is 12.3. The number of hydrogen-bond acceptors (Lipinski definition) is 10. The van der Waals surface area contributed by atoms with Crippen LogP contribution in [0.15, 0.2) is 144 Å². The molecule has 2 aromatic heterocycles. The van der Waals surface area contributed by atoms with Crippen molar-refractivity contribution in [3.05, 3.63) is 166 Å². The molecule has 0 fully saturated rings. The van der Waals surface area contributed by atoms with Crippen LogP contribution in [0.4, 0.5) is 11.4 Å². The standard InChI is InChI=1S/2C20H18ClN3O4S/c21-17-7-2-1-5-14(17)11-20(25)24-15-8-9-18(19(12-15)29(22,26)27)28-13-16-6-3-4-10-23-16;21-17-6-2-1-5-15(17)10-20(25)24-16-7-8-18(19(11-16)29(22,26)27)28-13-14-4-3-9-23-12-14/h1-10,12H,11,13H2,(H,24,25)(H2,22,26,27);1-9,11-12H,10,13H2,(H,24,25)(H2,22,26,27). The van der Waals surface area contributed by atoms with E-state index in [2.05, 4.69) is 20.6 Å². The zero-order valence-electron chi connectivity index (χ0n) is 30.4. The summed E-state index contributed by atoms with van der Waals surface area (Å²) in [5.41, 5.74) is 3.27. The molecule has 18 heteroatoms. The number of ether oxygens (including phenoxy) is 2. The van der Waals surface area contributed by atoms with Crippen molar-refractivity contribution < 1.29 is 35.9 Å². The quantitative estimate of drug-likeness (QED) is 0.0959. The van der Waals surface area contributed by atoms with Crippen molar-refractivity contribution in [1.82, 2.24) is 9.97 Å². The molecule has 6 aromatic rings. The van der Waals surface area contributed by atoms with E-state index in [0.29, 0.717) is 26.9 Å². The summed E-state index contributed by atoms with van der Waals surface area (Å²) in [5, 5.41) is 16.9. The third kappa shape index (κ3) is 13.1. The van der Waals surface area contributed by atoms with Crippen LogP contribution in [0.3, 0.4) is 0 Å². The number of nitrogens with zero attached hydrogens (tertiary/aromatic N) is 2. The zero-order chi connectivity index (χ0) is 41.7. The van der Waals surface area contributed by atoms with E-state index in [-0.39, 0.29) is 70.5 Å². The van der Waals surface area contributed by atoms with E-state index in [1.165, 1.54) is 36.4 Å². The SMILES string of the molecule is NS(=O)(=O)c1cc(NC(=O)Cc2ccccc2Cl)ccc1OCc1ccccn1.NS(=O)(=O)c1cc(NC(=O)Cc2ccccc2Cl)ccc1OCc1cccnc1. The van der Waals surface area contributed by atoms with Gasteiger partial charge in [0.15, 0.2) is 0 Å². The van der Waals surface area contributed by atoms with Gasteiger partial charge in [-0.3, -0.25) is 19.6 Å². The maximum absolute atomic E-state index is 12.3. The number of sulfonamides is 2. The molecule has 6 rings (SSSR count). The smallest absolute Gasteiger partial charge is 0.241 e. The van der Waals surface area contributed by atoms with Crippen LogP contribution in [0.5, 0.6) is 11.5 Å². The molecule has 0 spiro atoms. The molecule has 2 heterocycles. The molecular weight excluding hydrogens is 828 g/mol. The van der Waals surface area contributed by atoms with Crippen molar-refractivity contribution in [2.24, 2.45) is 10.3 Å². The van der Waals surface area contributed by atoms with Crippen LogP contribution < -0.4 is 30.4 Å². The molecule has 58 heavy (non-hydrogen) atoms. The van der Waals surface area contributed by atoms with Gasteiger partial charge in [-0.15, -0.1) is 0 Å². The van der Waals surface area contributed by atoms with Crippen molar-refractivity contribution >= 4 is 66.4 Å². The van der Waals surface area contributed by atoms with E-state index in [1.54, 1.807) is 97.5 Å². The van der Waals surface area contributed by atoms with Crippen molar-refractivity contribution in [3.63, 3.8) is 0 Å². The molecule has 4 aromatic carbocycles. The third-order valence-corrected chi connectivity index (χ3v) is 10.5. The monoisotopic (exact) mass is 862 g/mol. The summed E-state index contributed by atoms with van der Waals surface area (Å²) in [6.07, 6.45) is 4.93. The van der Waals surface area contributed by atoms with Crippen LogP contribution in [0.2, 0.25) is 10.0 Å². The van der Waals surface area contributed by atoms with Crippen molar-refractivity contribution in [2.45, 2.75) is 35.8 Å². The highest BCUT2D eigenvalue weighted by Gasteiger charge is 2.19. The molecule has 14 nitrogen and oxygen atoms in total. The predicted octanol–water partition coefficient (Wildman–Crippen LogP) is 6.29. The molecule has 0 atom stereocenters. The van der Waals surface area contributed by atoms with Gasteiger partial charge < -0.3 is 20.1 Å². The van der Waals surface area contributed by atoms with Crippen molar-refractivity contribution in [1.29, 1.82) is 0 Å². The van der Waals surface area contributed by atoms with Crippen molar-refractivity contribution in [3.8, 4) is 11.5 Å². The predicted molar refractivity (Wildman–Crippen MR) is 220 cm³/mol. The van der Waals surface area contributed by atoms with E-state index in [4.69, 9.17) is 43.0 Å². The summed E-state index contributed by atoms with van der Waals surface area (Å²) in [5.74, 6) is -0.536. The average molecular weight is 864 g/mol. The lowest BCUT2D eigenvalue weighted by Gasteiger charge is -2.13. The topological polar surface area (TPSA) is 223 Å². The van der Waals surface area contributed by atoms with E-state index >= 15 is 0 Å². The molecule has 6 N–H and O–H groups in total. The van der Waals surface area contributed by atoms with Gasteiger partial charge >= 0.3 is 0 Å². The van der Waals surface area contributed by atoms with Gasteiger partial charge in [0.1, 0.15) is 34.5 Å². The van der Waals surface area contributed by atoms with Crippen molar-refractivity contribution in [2.75, 3.05) is 10.6 Å². The van der Waals surface area contributed by atoms with E-state index in [9.17, 15) is 26.4 Å². The Balaban J connectivity index is 0.000000221. The fourth-order valence-corrected chi connectivity index (χ4v) is 6.98. The van der Waals surface area contributed by atoms with Crippen LogP contribution in [0.25, 0.3) is 0 Å². The maximum atomic E-state index is 12.3. The number of nitrogens with one attached hydrogen (secondary N) is 2. The number of benzene rings is 4. The molecule has 0 radical (unpaired) electrons. The Morgan fingerprint density at radius 2 is 1.10 bits per heavy atom. The molecule has 0 aliphatic heterocycles. The normalized spacial score (nSPS) is 11.1. The number of aromatic nitrogens is 2. The lowest BCUT2D eigenvalue weighted by Crippen LogP contribution is -2.17. The summed E-state index contributed by atoms with van der Waals surface area (Å²) < 4.78 is 59.1. The highest BCUT2D eigenvalue weighted by Crippen LogP contribution is 2.29. The summed E-state index contributed by atoms with van der Waals surface area (Å²) in [4.78, 5) is 32.2. The molecular formula is C40H36Cl2N6O8S2. The van der Waals surface area contributed by atoms with Gasteiger partial charge in [-0.05, 0) is 77.9 Å². The number of rotatable bonds is 14. The molecule has 0 aliphatic carbocycles. The van der Waals surface area contributed by atoms with Crippen LogP contribution in [0, 0.1) is 0 Å². The largest absolute Gasteiger partial charge is 0.487 e. The van der Waals surface area contributed by atoms with E-state index < -0.39 is 20.0 Å². The zero-order valence-corrected chi connectivity index (χ0v) is 33.6. The first kappa shape index (κ1) is 43.2. The number of nitrogens with two attached hydrogens (primary N) is 2. The van der Waals surface area contributed by atoms with Gasteiger partial charge in [0.05, 0.1) is 18.5 Å². The Bertz CT molecular complexity index is 2420. The van der Waals surface area contributed by atoms with Gasteiger partial charge in [-0.1, -0.05) is 71.7 Å². The first-order valence-electron chi connectivity index (χ1n) is 17.1. The number of amides is 2. The molecule has 0 aliphatic rings. The van der Waals surface area contributed by atoms with Crippen LogP contribution >= 0.6 is 23.2 Å². The minimum absolute atomic E-state index is 0.0440. The summed E-state index contributed by atoms with van der Waals surface area (Å²) >= 11 is 12.1. The van der Waals surface area contributed by atoms with Gasteiger partial charge in [0.25, 0.3) is 0 Å². The number of halogens is 2. The van der Waals surface area contributed by atoms with Crippen LogP contribution in [-0.2, 0) is 55.7 Å². The van der Waals surface area contributed by atoms with Crippen LogP contribution in [0.1, 0.15) is 22.4 Å². The molecule has 300 valence electrons. The second-order valence-corrected chi connectivity index (χ2v) is 16.2. The number of anilines is 2. The average Bonchev–Trinajstić information content (AvgIpc) is 3.19. The van der Waals surface area contributed by atoms with E-state index in [1.807, 2.05) is 0 Å². The fraction of sp³-hybridized carbons (Fsp3) is 0.100. The number of hydrogen-bond donors (Lipinski definition) is 4. The Hall–Kier alpha value is -5.88. The summed E-state index contributed by atoms with van der Waals surface area (Å²) in [6.45, 7) is 0.191. The molecule has 0 saturated carbocycles. The molecule has 0 saturated heterocycles. The highest BCUT2D eigenvalue weighted by atomic mass is 35.5. The number of primary sulfonamides is 2. The lowest BCUT2D eigenvalue weighted by atomic mass is 10.1. The summed E-state index contributed by atoms with van der Waals surface area (Å²) in [6, 6.07) is 31.3. The summed E-state index contributed by atoms with van der Waals surface area (Å²) in [7, 11) is -8.15. The minimum Gasteiger partial charge on any atom is -0.487 e. The first-order valence-corrected chi connectivity index (χ1v) is 20.9. The van der Waals surface area contributed by atoms with Gasteiger partial charge in [-0.2, -0.15) is 0 Å². The van der Waals surface area contributed by atoms with E-state index in [0.717, 1.165) is 5.56 Å². The van der Waals surface area contributed by atoms with Crippen LogP contribution in [-0.4, -0.2) is 38.6 Å². The Morgan fingerprint density at radius 3 is 1.55 bits per heavy atom. The lowest BCUT2D eigenvalue weighted by molar-refractivity contribution is -0.116. The number of carbonyl (C=O) groups excluding carboxylic acids is 2. The second kappa shape index (κ2) is 20.0. The highest BCUT2D eigenvalue weighted by molar-refractivity contribution is 7.89. The Morgan fingerprint density at radius 1 is 0.603 bits per heavy atom. The fourth-order valence-electron chi connectivity index (χ4n) is 5.17. The molecule has 2 amide bonds. The van der Waals surface area contributed by atoms with Gasteiger partial charge in [0, 0.05) is 45.6 Å². The van der Waals surface area contributed by atoms with Gasteiger partial charge in [0.2, 0.25) is 31.9 Å². The van der Waals surface area contributed by atoms with Gasteiger partial charge in [-0.25, -0.2) is 27.1 Å². The third-order valence-electron chi connectivity index (χ3n) is 7.90. The first-order chi connectivity index (χ1) is 27.7. The maximum Gasteiger partial charge on any atom is 0.241 e. The molecule has 0 bridgehead atoms. The Kier molecular flexibility index (Phi) is 14.9. The Labute approximate surface area is 345 Å². The minimum atomic E-state index is -4.08. The number of pyridine rings is 2. The molecule has 0 unspecified atom stereocenters. The number of carbonyl (C=O) groups is 2.